The van der Waals surface area contributed by atoms with E-state index in [1.54, 1.807) is 13.1 Å². The maximum Gasteiger partial charge on any atom is 0.245 e. The molecule has 8 nitrogen and oxygen atoms in total. The number of ether oxygens (including phenoxy) is 1. The van der Waals surface area contributed by atoms with Gasteiger partial charge in [0.15, 0.2) is 5.82 Å². The molecule has 0 spiro atoms. The maximum atomic E-state index is 13.1. The number of allylic oxidation sites excluding steroid dienone is 1. The lowest BCUT2D eigenvalue weighted by Crippen LogP contribution is -2.29. The lowest BCUT2D eigenvalue weighted by Gasteiger charge is -2.24. The Labute approximate surface area is 187 Å². The first-order valence-electron chi connectivity index (χ1n) is 10.9. The molecule has 1 aliphatic rings. The quantitative estimate of drug-likeness (QED) is 0.438. The first-order valence-corrected chi connectivity index (χ1v) is 10.9. The third-order valence-electron chi connectivity index (χ3n) is 5.51. The second kappa shape index (κ2) is 10.2. The molecule has 176 valence electrons. The van der Waals surface area contributed by atoms with Crippen LogP contribution in [0.5, 0.6) is 5.75 Å². The zero-order chi connectivity index (χ0) is 23.3. The SMILES string of the molecule is Cc1nc(/C(N)=C(\Cc2noc(CCC(C)(F)F)n2)N(C)N)ccc1OC1CCCCC1. The number of nitrogens with zero attached hydrogens (tertiary/aromatic N) is 4. The first kappa shape index (κ1) is 23.9. The summed E-state index contributed by atoms with van der Waals surface area (Å²) in [4.78, 5) is 8.79. The Hall–Kier alpha value is -2.75. The van der Waals surface area contributed by atoms with Crippen LogP contribution >= 0.6 is 0 Å². The molecule has 0 unspecified atom stereocenters. The zero-order valence-corrected chi connectivity index (χ0v) is 18.9. The highest BCUT2D eigenvalue weighted by atomic mass is 19.3. The molecule has 0 aromatic carbocycles. The number of hydrazine groups is 1. The van der Waals surface area contributed by atoms with E-state index in [1.807, 2.05) is 13.0 Å². The Bertz CT molecular complexity index is 933. The van der Waals surface area contributed by atoms with Gasteiger partial charge in [-0.1, -0.05) is 11.6 Å². The number of halogens is 2. The number of nitrogens with two attached hydrogens (primary N) is 2. The van der Waals surface area contributed by atoms with Gasteiger partial charge in [-0.25, -0.2) is 19.6 Å². The Morgan fingerprint density at radius 3 is 2.59 bits per heavy atom. The van der Waals surface area contributed by atoms with Crippen molar-refractivity contribution in [2.24, 2.45) is 11.6 Å². The van der Waals surface area contributed by atoms with Crippen LogP contribution in [0.2, 0.25) is 0 Å². The number of likely N-dealkylation sites (N-methyl/N-ethyl adjacent to an activating group) is 1. The average Bonchev–Trinajstić information content (AvgIpc) is 3.19. The first-order chi connectivity index (χ1) is 15.1. The molecule has 0 radical (unpaired) electrons. The second-order valence-electron chi connectivity index (χ2n) is 8.48. The van der Waals surface area contributed by atoms with Crippen LogP contribution in [0.25, 0.3) is 5.70 Å². The molecule has 10 heteroatoms. The van der Waals surface area contributed by atoms with Crippen LogP contribution < -0.4 is 16.3 Å². The Morgan fingerprint density at radius 1 is 1.25 bits per heavy atom. The highest BCUT2D eigenvalue weighted by Gasteiger charge is 2.23. The molecule has 0 atom stereocenters. The molecule has 0 bridgehead atoms. The molecular weight excluding hydrogens is 418 g/mol. The summed E-state index contributed by atoms with van der Waals surface area (Å²) in [5.41, 5.74) is 8.59. The zero-order valence-electron chi connectivity index (χ0n) is 18.9. The predicted octanol–water partition coefficient (Wildman–Crippen LogP) is 3.75. The highest BCUT2D eigenvalue weighted by molar-refractivity contribution is 5.63. The highest BCUT2D eigenvalue weighted by Crippen LogP contribution is 2.27. The lowest BCUT2D eigenvalue weighted by atomic mass is 9.98. The van der Waals surface area contributed by atoms with Gasteiger partial charge in [-0.05, 0) is 51.7 Å². The molecule has 1 aliphatic carbocycles. The van der Waals surface area contributed by atoms with Crippen LogP contribution in [0.4, 0.5) is 8.78 Å². The third-order valence-corrected chi connectivity index (χ3v) is 5.51. The Kier molecular flexibility index (Phi) is 7.65. The molecule has 0 saturated heterocycles. The third kappa shape index (κ3) is 6.62. The average molecular weight is 451 g/mol. The lowest BCUT2D eigenvalue weighted by molar-refractivity contribution is 0.0114. The summed E-state index contributed by atoms with van der Waals surface area (Å²) in [6, 6.07) is 3.68. The van der Waals surface area contributed by atoms with Crippen molar-refractivity contribution in [2.75, 3.05) is 7.05 Å². The van der Waals surface area contributed by atoms with Crippen LogP contribution in [-0.4, -0.2) is 39.2 Å². The topological polar surface area (TPSA) is 116 Å². The van der Waals surface area contributed by atoms with Crippen molar-refractivity contribution in [3.05, 3.63) is 40.9 Å². The molecule has 3 rings (SSSR count). The number of hydrogen-bond donors (Lipinski definition) is 2. The number of hydrogen-bond acceptors (Lipinski definition) is 8. The van der Waals surface area contributed by atoms with Gasteiger partial charge in [0.25, 0.3) is 0 Å². The number of rotatable bonds is 9. The van der Waals surface area contributed by atoms with Gasteiger partial charge in [0.2, 0.25) is 11.8 Å². The van der Waals surface area contributed by atoms with Gasteiger partial charge in [0.05, 0.1) is 35.3 Å². The van der Waals surface area contributed by atoms with Gasteiger partial charge in [0.1, 0.15) is 5.75 Å². The Morgan fingerprint density at radius 2 is 1.97 bits per heavy atom. The predicted molar refractivity (Wildman–Crippen MR) is 116 cm³/mol. The van der Waals surface area contributed by atoms with Crippen molar-refractivity contribution >= 4 is 5.70 Å². The van der Waals surface area contributed by atoms with Crippen molar-refractivity contribution in [1.82, 2.24) is 20.1 Å². The molecule has 2 heterocycles. The number of alkyl halides is 2. The van der Waals surface area contributed by atoms with E-state index in [0.29, 0.717) is 22.9 Å². The van der Waals surface area contributed by atoms with E-state index in [1.165, 1.54) is 24.3 Å². The summed E-state index contributed by atoms with van der Waals surface area (Å²) in [5.74, 6) is 4.42. The standard InChI is InChI=1S/C22H32F2N6O2/c1-14-18(31-15-7-5-4-6-8-15)10-9-16(27-14)21(25)17(30(3)26)13-19-28-20(32-29-19)11-12-22(2,23)24/h9-10,15H,4-8,11-13,25-26H2,1-3H3/b21-17-. The minimum absolute atomic E-state index is 0.00724. The number of pyridine rings is 1. The number of aryl methyl sites for hydroxylation is 2. The summed E-state index contributed by atoms with van der Waals surface area (Å²) < 4.78 is 37.3. The molecule has 1 fully saturated rings. The van der Waals surface area contributed by atoms with E-state index in [2.05, 4.69) is 15.1 Å². The fourth-order valence-electron chi connectivity index (χ4n) is 3.68. The molecule has 1 saturated carbocycles. The summed E-state index contributed by atoms with van der Waals surface area (Å²) in [5, 5.41) is 5.24. The second-order valence-corrected chi connectivity index (χ2v) is 8.48. The van der Waals surface area contributed by atoms with E-state index >= 15 is 0 Å². The fourth-order valence-corrected chi connectivity index (χ4v) is 3.68. The van der Waals surface area contributed by atoms with Crippen LogP contribution in [-0.2, 0) is 12.8 Å². The largest absolute Gasteiger partial charge is 0.489 e. The van der Waals surface area contributed by atoms with Gasteiger partial charge in [-0.15, -0.1) is 0 Å². The van der Waals surface area contributed by atoms with Crippen LogP contribution in [0.1, 0.15) is 68.6 Å². The molecule has 0 amide bonds. The van der Waals surface area contributed by atoms with Gasteiger partial charge in [-0.2, -0.15) is 4.98 Å². The van der Waals surface area contributed by atoms with E-state index in [-0.39, 0.29) is 31.3 Å². The van der Waals surface area contributed by atoms with Crippen LogP contribution in [0.3, 0.4) is 0 Å². The van der Waals surface area contributed by atoms with Crippen LogP contribution in [0.15, 0.2) is 22.4 Å². The normalized spacial score (nSPS) is 16.1. The van der Waals surface area contributed by atoms with Crippen molar-refractivity contribution < 1.29 is 18.0 Å². The molecule has 2 aromatic rings. The van der Waals surface area contributed by atoms with Gasteiger partial charge in [-0.3, -0.25) is 0 Å². The fraction of sp³-hybridized carbons (Fsp3) is 0.591. The Balaban J connectivity index is 1.74. The van der Waals surface area contributed by atoms with Crippen molar-refractivity contribution in [3.63, 3.8) is 0 Å². The molecule has 4 N–H and O–H groups in total. The van der Waals surface area contributed by atoms with E-state index in [9.17, 15) is 8.78 Å². The molecule has 32 heavy (non-hydrogen) atoms. The van der Waals surface area contributed by atoms with E-state index < -0.39 is 5.92 Å². The van der Waals surface area contributed by atoms with E-state index in [0.717, 1.165) is 31.2 Å². The summed E-state index contributed by atoms with van der Waals surface area (Å²) >= 11 is 0. The van der Waals surface area contributed by atoms with Gasteiger partial charge < -0.3 is 20.0 Å². The summed E-state index contributed by atoms with van der Waals surface area (Å²) in [6.45, 7) is 2.74. The molecule has 0 aliphatic heterocycles. The smallest absolute Gasteiger partial charge is 0.245 e. The minimum atomic E-state index is -2.79. The van der Waals surface area contributed by atoms with Gasteiger partial charge in [0, 0.05) is 19.9 Å². The van der Waals surface area contributed by atoms with Crippen LogP contribution in [0, 0.1) is 6.92 Å². The summed E-state index contributed by atoms with van der Waals surface area (Å²) in [6.07, 6.45) is 5.80. The van der Waals surface area contributed by atoms with E-state index in [4.69, 9.17) is 20.8 Å². The monoisotopic (exact) mass is 450 g/mol. The number of aromatic nitrogens is 3. The maximum absolute atomic E-state index is 13.1. The summed E-state index contributed by atoms with van der Waals surface area (Å²) in [7, 11) is 1.65. The molecular formula is C22H32F2N6O2. The van der Waals surface area contributed by atoms with Crippen molar-refractivity contribution in [1.29, 1.82) is 0 Å². The van der Waals surface area contributed by atoms with Gasteiger partial charge >= 0.3 is 0 Å². The molecule has 2 aromatic heterocycles. The van der Waals surface area contributed by atoms with Crippen molar-refractivity contribution in [2.45, 2.75) is 77.2 Å². The minimum Gasteiger partial charge on any atom is -0.489 e. The van der Waals surface area contributed by atoms with Crippen molar-refractivity contribution in [3.8, 4) is 5.75 Å².